The van der Waals surface area contributed by atoms with Crippen molar-refractivity contribution >= 4 is 0 Å². The average Bonchev–Trinajstić information content (AvgIpc) is 2.48. The highest BCUT2D eigenvalue weighted by atomic mass is 16.5. The molecule has 5 nitrogen and oxygen atoms in total. The van der Waals surface area contributed by atoms with Crippen LogP contribution in [0.1, 0.15) is 13.8 Å². The molecule has 21 heavy (non-hydrogen) atoms. The van der Waals surface area contributed by atoms with Gasteiger partial charge in [0.2, 0.25) is 0 Å². The van der Waals surface area contributed by atoms with Crippen molar-refractivity contribution < 1.29 is 25.2 Å². The Morgan fingerprint density at radius 1 is 0.571 bits per heavy atom. The van der Waals surface area contributed by atoms with Crippen molar-refractivity contribution in [2.75, 3.05) is 13.2 Å². The maximum Gasteiger partial charge on any atom is 0.115 e. The lowest BCUT2D eigenvalue weighted by Crippen LogP contribution is -1.84. The van der Waals surface area contributed by atoms with Crippen LogP contribution in [0.4, 0.5) is 0 Å². The van der Waals surface area contributed by atoms with Crippen molar-refractivity contribution in [3.8, 4) is 23.0 Å². The van der Waals surface area contributed by atoms with E-state index in [1.807, 2.05) is 13.8 Å². The summed E-state index contributed by atoms with van der Waals surface area (Å²) in [5, 5.41) is 34.6. The Morgan fingerprint density at radius 2 is 0.762 bits per heavy atom. The Bertz CT molecular complexity index is 378. The molecule has 2 rings (SSSR count). The highest BCUT2D eigenvalue weighted by Gasteiger charge is 1.85. The second-order valence-electron chi connectivity index (χ2n) is 3.81. The second kappa shape index (κ2) is 11.4. The highest BCUT2D eigenvalue weighted by Crippen LogP contribution is 2.13. The van der Waals surface area contributed by atoms with Gasteiger partial charge in [-0.3, -0.25) is 0 Å². The predicted molar refractivity (Wildman–Crippen MR) is 81.7 cm³/mol. The van der Waals surface area contributed by atoms with Crippen LogP contribution in [-0.2, 0) is 4.74 Å². The first-order chi connectivity index (χ1) is 9.99. The normalized spacial score (nSPS) is 8.86. The number of rotatable bonds is 2. The Morgan fingerprint density at radius 3 is 0.857 bits per heavy atom. The van der Waals surface area contributed by atoms with Gasteiger partial charge >= 0.3 is 0 Å². The van der Waals surface area contributed by atoms with E-state index in [9.17, 15) is 0 Å². The summed E-state index contributed by atoms with van der Waals surface area (Å²) in [6.45, 7) is 5.67. The van der Waals surface area contributed by atoms with Crippen LogP contribution in [0.5, 0.6) is 23.0 Å². The first-order valence-corrected chi connectivity index (χ1v) is 6.53. The van der Waals surface area contributed by atoms with Crippen LogP contribution in [0, 0.1) is 0 Å². The van der Waals surface area contributed by atoms with Gasteiger partial charge in [0, 0.05) is 13.2 Å². The minimum Gasteiger partial charge on any atom is -0.508 e. The molecule has 0 saturated carbocycles. The molecule has 116 valence electrons. The molecule has 0 heterocycles. The first-order valence-electron chi connectivity index (χ1n) is 6.53. The molecular weight excluding hydrogens is 272 g/mol. The van der Waals surface area contributed by atoms with Gasteiger partial charge in [-0.05, 0) is 62.4 Å². The molecule has 0 aliphatic heterocycles. The molecule has 4 N–H and O–H groups in total. The van der Waals surface area contributed by atoms with Crippen molar-refractivity contribution in [1.82, 2.24) is 0 Å². The van der Waals surface area contributed by atoms with Crippen molar-refractivity contribution in [2.45, 2.75) is 13.8 Å². The van der Waals surface area contributed by atoms with Crippen LogP contribution in [0.25, 0.3) is 0 Å². The summed E-state index contributed by atoms with van der Waals surface area (Å²) in [6, 6.07) is 11.4. The molecule has 0 amide bonds. The van der Waals surface area contributed by atoms with E-state index in [0.717, 1.165) is 13.2 Å². The van der Waals surface area contributed by atoms with Crippen LogP contribution in [0.15, 0.2) is 48.5 Å². The van der Waals surface area contributed by atoms with Crippen LogP contribution in [0.2, 0.25) is 0 Å². The molecule has 0 aliphatic rings. The third kappa shape index (κ3) is 11.1. The zero-order chi connectivity index (χ0) is 16.1. The number of ether oxygens (including phenoxy) is 1. The van der Waals surface area contributed by atoms with Crippen LogP contribution in [-0.4, -0.2) is 33.6 Å². The van der Waals surface area contributed by atoms with Crippen molar-refractivity contribution in [1.29, 1.82) is 0 Å². The summed E-state index contributed by atoms with van der Waals surface area (Å²) < 4.78 is 4.83. The van der Waals surface area contributed by atoms with Gasteiger partial charge in [-0.1, -0.05) is 0 Å². The number of aromatic hydroxyl groups is 4. The van der Waals surface area contributed by atoms with E-state index in [2.05, 4.69) is 0 Å². The van der Waals surface area contributed by atoms with E-state index in [1.165, 1.54) is 48.5 Å². The topological polar surface area (TPSA) is 90.2 Å². The molecule has 0 radical (unpaired) electrons. The predicted octanol–water partition coefficient (Wildman–Crippen LogP) is 3.24. The van der Waals surface area contributed by atoms with E-state index in [1.54, 1.807) is 0 Å². The van der Waals surface area contributed by atoms with E-state index in [-0.39, 0.29) is 23.0 Å². The maximum atomic E-state index is 8.65. The Labute approximate surface area is 124 Å². The fourth-order valence-corrected chi connectivity index (χ4v) is 1.11. The molecule has 0 aliphatic carbocycles. The molecule has 0 bridgehead atoms. The number of phenolic OH excluding ortho intramolecular Hbond substituents is 4. The number of hydrogen-bond acceptors (Lipinski definition) is 5. The quantitative estimate of drug-likeness (QED) is 0.638. The van der Waals surface area contributed by atoms with Crippen LogP contribution in [0.3, 0.4) is 0 Å². The Hall–Kier alpha value is -2.40. The Kier molecular flexibility index (Phi) is 10.1. The van der Waals surface area contributed by atoms with Gasteiger partial charge in [0.15, 0.2) is 0 Å². The molecule has 5 heteroatoms. The van der Waals surface area contributed by atoms with Gasteiger partial charge in [0.1, 0.15) is 23.0 Å². The SMILES string of the molecule is CCOCC.Oc1ccc(O)cc1.Oc1ccc(O)cc1. The van der Waals surface area contributed by atoms with Gasteiger partial charge in [-0.2, -0.15) is 0 Å². The zero-order valence-corrected chi connectivity index (χ0v) is 12.2. The highest BCUT2D eigenvalue weighted by molar-refractivity contribution is 5.29. The van der Waals surface area contributed by atoms with Gasteiger partial charge in [0.25, 0.3) is 0 Å². The van der Waals surface area contributed by atoms with Gasteiger partial charge in [-0.15, -0.1) is 0 Å². The first kappa shape index (κ1) is 18.6. The number of phenols is 4. The van der Waals surface area contributed by atoms with Crippen molar-refractivity contribution in [3.05, 3.63) is 48.5 Å². The van der Waals surface area contributed by atoms with E-state index in [0.29, 0.717) is 0 Å². The second-order valence-corrected chi connectivity index (χ2v) is 3.81. The lowest BCUT2D eigenvalue weighted by Gasteiger charge is -1.88. The van der Waals surface area contributed by atoms with Crippen molar-refractivity contribution in [3.63, 3.8) is 0 Å². The third-order valence-corrected chi connectivity index (χ3v) is 2.11. The molecule has 0 saturated heterocycles. The monoisotopic (exact) mass is 294 g/mol. The lowest BCUT2D eigenvalue weighted by molar-refractivity contribution is 0.162. The summed E-state index contributed by atoms with van der Waals surface area (Å²) in [4.78, 5) is 0. The van der Waals surface area contributed by atoms with Gasteiger partial charge < -0.3 is 25.2 Å². The smallest absolute Gasteiger partial charge is 0.115 e. The Balaban J connectivity index is 0.000000296. The van der Waals surface area contributed by atoms with E-state index < -0.39 is 0 Å². The maximum absolute atomic E-state index is 8.65. The largest absolute Gasteiger partial charge is 0.508 e. The summed E-state index contributed by atoms with van der Waals surface area (Å²) in [5.74, 6) is 0.677. The third-order valence-electron chi connectivity index (χ3n) is 2.11. The molecule has 0 aromatic heterocycles. The molecule has 2 aromatic carbocycles. The molecule has 0 atom stereocenters. The molecule has 2 aromatic rings. The van der Waals surface area contributed by atoms with E-state index in [4.69, 9.17) is 25.2 Å². The fraction of sp³-hybridized carbons (Fsp3) is 0.250. The molecule has 0 spiro atoms. The summed E-state index contributed by atoms with van der Waals surface area (Å²) >= 11 is 0. The van der Waals surface area contributed by atoms with Crippen LogP contribution >= 0.6 is 0 Å². The van der Waals surface area contributed by atoms with Gasteiger partial charge in [0.05, 0.1) is 0 Å². The number of hydrogen-bond donors (Lipinski definition) is 4. The van der Waals surface area contributed by atoms with Crippen molar-refractivity contribution in [2.24, 2.45) is 0 Å². The molecular formula is C16H22O5. The van der Waals surface area contributed by atoms with Gasteiger partial charge in [-0.25, -0.2) is 0 Å². The summed E-state index contributed by atoms with van der Waals surface area (Å²) in [7, 11) is 0. The standard InChI is InChI=1S/2C6H6O2.C4H10O/c2*7-5-1-2-6(8)4-3-5;1-3-5-4-2/h2*1-4,7-8H;3-4H2,1-2H3. The zero-order valence-electron chi connectivity index (χ0n) is 12.2. The molecule has 0 unspecified atom stereocenters. The average molecular weight is 294 g/mol. The van der Waals surface area contributed by atoms with Crippen LogP contribution < -0.4 is 0 Å². The number of benzene rings is 2. The summed E-state index contributed by atoms with van der Waals surface area (Å²) in [5.41, 5.74) is 0. The lowest BCUT2D eigenvalue weighted by atomic mass is 10.3. The minimum absolute atomic E-state index is 0.169. The fourth-order valence-electron chi connectivity index (χ4n) is 1.11. The molecule has 0 fully saturated rings. The van der Waals surface area contributed by atoms with E-state index >= 15 is 0 Å². The summed E-state index contributed by atoms with van der Waals surface area (Å²) in [6.07, 6.45) is 0. The minimum atomic E-state index is 0.169.